The largest absolute Gasteiger partial charge is 0.497 e. The van der Waals surface area contributed by atoms with Crippen molar-refractivity contribution in [1.29, 1.82) is 0 Å². The van der Waals surface area contributed by atoms with Crippen LogP contribution in [0.2, 0.25) is 0 Å². The van der Waals surface area contributed by atoms with Crippen molar-refractivity contribution < 1.29 is 42.4 Å². The lowest BCUT2D eigenvalue weighted by Gasteiger charge is -2.14. The van der Waals surface area contributed by atoms with E-state index in [-0.39, 0.29) is 28.6 Å². The number of fused-ring (bicyclic) bond motifs is 2. The summed E-state index contributed by atoms with van der Waals surface area (Å²) < 4.78 is 39.5. The number of rotatable bonds is 8. The molecule has 0 fully saturated rings. The summed E-state index contributed by atoms with van der Waals surface area (Å²) in [6.07, 6.45) is 1.56. The predicted octanol–water partition coefficient (Wildman–Crippen LogP) is 6.97. The molecule has 0 radical (unpaired) electrons. The molecule has 0 aliphatic carbocycles. The number of carbonyl (C=O) groups is 2. The van der Waals surface area contributed by atoms with Gasteiger partial charge in [0.25, 0.3) is 0 Å². The SMILES string of the molecule is COc1ccc2oc(-c3ccccc3)c(C(=O)Oc3ccc4c(c3)O/C(=C\c3ccc(OC)c(OC)c3OC)C4=O)c2c1. The number of allylic oxidation sites excluding steroid dienone is 1. The molecular formula is C34H26O9. The average molecular weight is 579 g/mol. The summed E-state index contributed by atoms with van der Waals surface area (Å²) in [5.41, 5.74) is 2.36. The number of methoxy groups -OCH3 is 4. The minimum absolute atomic E-state index is 0.0725. The molecule has 216 valence electrons. The van der Waals surface area contributed by atoms with Gasteiger partial charge in [0.15, 0.2) is 17.3 Å². The van der Waals surface area contributed by atoms with Crippen molar-refractivity contribution in [3.63, 3.8) is 0 Å². The third-order valence-corrected chi connectivity index (χ3v) is 7.01. The van der Waals surface area contributed by atoms with Gasteiger partial charge in [0.1, 0.15) is 34.2 Å². The highest BCUT2D eigenvalue weighted by Crippen LogP contribution is 2.42. The van der Waals surface area contributed by atoms with E-state index in [2.05, 4.69) is 0 Å². The molecular weight excluding hydrogens is 552 g/mol. The number of benzene rings is 4. The molecule has 5 aromatic rings. The fourth-order valence-electron chi connectivity index (χ4n) is 4.97. The number of hydrogen-bond donors (Lipinski definition) is 0. The molecule has 0 N–H and O–H groups in total. The monoisotopic (exact) mass is 578 g/mol. The van der Waals surface area contributed by atoms with Gasteiger partial charge in [0.05, 0.1) is 34.0 Å². The van der Waals surface area contributed by atoms with Gasteiger partial charge in [-0.15, -0.1) is 0 Å². The number of Topliss-reactive ketones (excluding diaryl/α,β-unsaturated/α-hetero) is 1. The van der Waals surface area contributed by atoms with Crippen LogP contribution in [-0.2, 0) is 0 Å². The van der Waals surface area contributed by atoms with Crippen molar-refractivity contribution in [3.8, 4) is 45.8 Å². The Morgan fingerprint density at radius 1 is 0.767 bits per heavy atom. The van der Waals surface area contributed by atoms with Gasteiger partial charge in [-0.25, -0.2) is 4.79 Å². The number of ketones is 1. The van der Waals surface area contributed by atoms with Gasteiger partial charge in [-0.1, -0.05) is 30.3 Å². The first-order chi connectivity index (χ1) is 20.9. The number of ether oxygens (including phenoxy) is 6. The maximum absolute atomic E-state index is 13.7. The van der Waals surface area contributed by atoms with Crippen molar-refractivity contribution in [2.24, 2.45) is 0 Å². The van der Waals surface area contributed by atoms with Gasteiger partial charge < -0.3 is 32.8 Å². The van der Waals surface area contributed by atoms with Crippen molar-refractivity contribution >= 4 is 28.8 Å². The maximum Gasteiger partial charge on any atom is 0.348 e. The predicted molar refractivity (Wildman–Crippen MR) is 159 cm³/mol. The van der Waals surface area contributed by atoms with Crippen LogP contribution in [0.5, 0.6) is 34.5 Å². The summed E-state index contributed by atoms with van der Waals surface area (Å²) in [6.45, 7) is 0. The smallest absolute Gasteiger partial charge is 0.348 e. The van der Waals surface area contributed by atoms with Crippen LogP contribution in [0.4, 0.5) is 0 Å². The van der Waals surface area contributed by atoms with Crippen molar-refractivity contribution in [1.82, 2.24) is 0 Å². The molecule has 0 unspecified atom stereocenters. The molecule has 9 heteroatoms. The molecule has 0 saturated heterocycles. The lowest BCUT2D eigenvalue weighted by Crippen LogP contribution is -2.09. The average Bonchev–Trinajstić information content (AvgIpc) is 3.57. The molecule has 0 spiro atoms. The fraction of sp³-hybridized carbons (Fsp3) is 0.118. The second kappa shape index (κ2) is 11.3. The van der Waals surface area contributed by atoms with Crippen LogP contribution in [0.1, 0.15) is 26.3 Å². The van der Waals surface area contributed by atoms with Crippen molar-refractivity contribution in [3.05, 3.63) is 101 Å². The Bertz CT molecular complexity index is 1900. The number of hydrogen-bond acceptors (Lipinski definition) is 9. The molecule has 0 bridgehead atoms. The summed E-state index contributed by atoms with van der Waals surface area (Å²) >= 11 is 0. The lowest BCUT2D eigenvalue weighted by atomic mass is 10.1. The van der Waals surface area contributed by atoms with E-state index in [9.17, 15) is 9.59 Å². The Morgan fingerprint density at radius 3 is 2.26 bits per heavy atom. The first kappa shape index (κ1) is 27.5. The van der Waals surface area contributed by atoms with E-state index in [0.717, 1.165) is 0 Å². The lowest BCUT2D eigenvalue weighted by molar-refractivity contribution is 0.0736. The van der Waals surface area contributed by atoms with E-state index < -0.39 is 5.97 Å². The Morgan fingerprint density at radius 2 is 1.53 bits per heavy atom. The molecule has 2 heterocycles. The fourth-order valence-corrected chi connectivity index (χ4v) is 4.97. The van der Waals surface area contributed by atoms with E-state index in [4.69, 9.17) is 32.8 Å². The molecule has 1 aromatic heterocycles. The van der Waals surface area contributed by atoms with Crippen LogP contribution in [0.25, 0.3) is 28.4 Å². The van der Waals surface area contributed by atoms with Gasteiger partial charge in [-0.3, -0.25) is 4.79 Å². The summed E-state index contributed by atoms with van der Waals surface area (Å²) in [7, 11) is 6.06. The van der Waals surface area contributed by atoms with Crippen LogP contribution in [0, 0.1) is 0 Å². The van der Waals surface area contributed by atoms with Crippen LogP contribution in [-0.4, -0.2) is 40.2 Å². The molecule has 6 rings (SSSR count). The van der Waals surface area contributed by atoms with E-state index in [1.807, 2.05) is 30.3 Å². The normalized spacial score (nSPS) is 13.0. The van der Waals surface area contributed by atoms with Gasteiger partial charge in [-0.05, 0) is 48.5 Å². The zero-order chi connectivity index (χ0) is 30.1. The van der Waals surface area contributed by atoms with Gasteiger partial charge in [0.2, 0.25) is 11.5 Å². The first-order valence-electron chi connectivity index (χ1n) is 13.2. The van der Waals surface area contributed by atoms with E-state index in [0.29, 0.717) is 56.4 Å². The first-order valence-corrected chi connectivity index (χ1v) is 13.2. The summed E-state index contributed by atoms with van der Waals surface area (Å²) in [6, 6.07) is 22.6. The van der Waals surface area contributed by atoms with E-state index >= 15 is 0 Å². The van der Waals surface area contributed by atoms with Crippen LogP contribution in [0.3, 0.4) is 0 Å². The summed E-state index contributed by atoms with van der Waals surface area (Å²) in [4.78, 5) is 26.8. The zero-order valence-electron chi connectivity index (χ0n) is 23.8. The summed E-state index contributed by atoms with van der Waals surface area (Å²) in [5, 5.41) is 0.546. The van der Waals surface area contributed by atoms with Crippen LogP contribution >= 0.6 is 0 Å². The highest BCUT2D eigenvalue weighted by molar-refractivity contribution is 6.15. The number of furan rings is 1. The van der Waals surface area contributed by atoms with Gasteiger partial charge in [0, 0.05) is 22.6 Å². The van der Waals surface area contributed by atoms with Crippen molar-refractivity contribution in [2.75, 3.05) is 28.4 Å². The third kappa shape index (κ3) is 4.91. The van der Waals surface area contributed by atoms with Crippen LogP contribution in [0.15, 0.2) is 89.0 Å². The second-order valence-electron chi connectivity index (χ2n) is 9.45. The van der Waals surface area contributed by atoms with Gasteiger partial charge in [-0.2, -0.15) is 0 Å². The molecule has 0 saturated carbocycles. The molecule has 0 atom stereocenters. The van der Waals surface area contributed by atoms with Gasteiger partial charge >= 0.3 is 5.97 Å². The zero-order valence-corrected chi connectivity index (χ0v) is 23.8. The minimum atomic E-state index is -0.638. The number of esters is 1. The van der Waals surface area contributed by atoms with Crippen molar-refractivity contribution in [2.45, 2.75) is 0 Å². The highest BCUT2D eigenvalue weighted by atomic mass is 16.5. The molecule has 4 aromatic carbocycles. The Labute approximate surface area is 246 Å². The summed E-state index contributed by atoms with van der Waals surface area (Å²) in [5.74, 6) is 1.74. The minimum Gasteiger partial charge on any atom is -0.497 e. The second-order valence-corrected chi connectivity index (χ2v) is 9.45. The quantitative estimate of drug-likeness (QED) is 0.110. The molecule has 0 amide bonds. The molecule has 1 aliphatic rings. The Kier molecular flexibility index (Phi) is 7.21. The Balaban J connectivity index is 1.32. The Hall–Kier alpha value is -5.70. The standard InChI is InChI=1S/C34H26O9/c1-37-21-12-15-25-24(17-21)29(31(43-25)19-8-6-5-7-9-19)34(36)41-22-11-13-23-27(18-22)42-28(30(23)35)16-20-10-14-26(38-2)33(40-4)32(20)39-3/h5-18H,1-4H3/b28-16-. The van der Waals surface area contributed by atoms with E-state index in [1.165, 1.54) is 27.4 Å². The molecule has 9 nitrogen and oxygen atoms in total. The topological polar surface area (TPSA) is 103 Å². The number of carbonyl (C=O) groups excluding carboxylic acids is 2. The third-order valence-electron chi connectivity index (χ3n) is 7.01. The van der Waals surface area contributed by atoms with E-state index in [1.54, 1.807) is 55.7 Å². The molecule has 1 aliphatic heterocycles. The molecule has 43 heavy (non-hydrogen) atoms. The van der Waals surface area contributed by atoms with Crippen LogP contribution < -0.4 is 28.4 Å². The maximum atomic E-state index is 13.7. The highest BCUT2D eigenvalue weighted by Gasteiger charge is 2.30.